The lowest BCUT2D eigenvalue weighted by atomic mass is 9.64. The fourth-order valence-electron chi connectivity index (χ4n) is 29.7. The summed E-state index contributed by atoms with van der Waals surface area (Å²) in [6, 6.07) is 24.8. The van der Waals surface area contributed by atoms with Crippen LogP contribution >= 0.6 is 0 Å². The first kappa shape index (κ1) is 114. The summed E-state index contributed by atoms with van der Waals surface area (Å²) in [4.78, 5) is 83.2. The zero-order chi connectivity index (χ0) is 107. The molecule has 18 atom stereocenters. The first-order valence-corrected chi connectivity index (χ1v) is 59.9. The molecular weight excluding hydrogens is 1870 g/mol. The summed E-state index contributed by atoms with van der Waals surface area (Å²) in [6.45, 7) is 53.3. The van der Waals surface area contributed by atoms with Crippen molar-refractivity contribution in [1.29, 1.82) is 0 Å². The van der Waals surface area contributed by atoms with Gasteiger partial charge >= 0.3 is 35.8 Å². The maximum absolute atomic E-state index is 13.9. The van der Waals surface area contributed by atoms with Crippen molar-refractivity contribution in [2.75, 3.05) is 0 Å². The van der Waals surface area contributed by atoms with E-state index in [4.69, 9.17) is 56.8 Å². The molecule has 0 aromatic heterocycles. The summed E-state index contributed by atoms with van der Waals surface area (Å²) in [5, 5.41) is 0. The van der Waals surface area contributed by atoms with Crippen LogP contribution in [-0.2, 0) is 67.3 Å². The van der Waals surface area contributed by atoms with Crippen LogP contribution in [0.5, 0.6) is 69.0 Å². The summed E-state index contributed by atoms with van der Waals surface area (Å²) < 4.78 is 77.1. The number of hydrogen-bond donors (Lipinski definition) is 0. The molecule has 6 aliphatic heterocycles. The van der Waals surface area contributed by atoms with E-state index in [2.05, 4.69) is 203 Å². The van der Waals surface area contributed by atoms with E-state index in [-0.39, 0.29) is 69.1 Å². The molecule has 0 saturated heterocycles. The van der Waals surface area contributed by atoms with Crippen LogP contribution in [-0.4, -0.2) is 69.4 Å². The Balaban J connectivity index is 0.000000160. The van der Waals surface area contributed by atoms with Crippen molar-refractivity contribution >= 4 is 35.8 Å². The molecule has 0 unspecified atom stereocenters. The maximum atomic E-state index is 13.9. The number of carbonyl (C=O) groups is 6. The number of fused-ring (bicyclic) bond motifs is 18. The smallest absolute Gasteiger partial charge is 0.423 e. The second-order valence-corrected chi connectivity index (χ2v) is 52.1. The summed E-state index contributed by atoms with van der Waals surface area (Å²) in [5.41, 5.74) is 10.1. The van der Waals surface area contributed by atoms with Crippen molar-refractivity contribution in [3.05, 3.63) is 140 Å². The van der Waals surface area contributed by atoms with Crippen molar-refractivity contribution in [3.63, 3.8) is 0 Å². The van der Waals surface area contributed by atoms with Gasteiger partial charge in [0.05, 0.1) is 0 Å². The molecule has 0 amide bonds. The van der Waals surface area contributed by atoms with Crippen molar-refractivity contribution in [3.8, 4) is 69.0 Å². The molecule has 0 radical (unpaired) electrons. The van der Waals surface area contributed by atoms with Gasteiger partial charge in [0.15, 0.2) is 0 Å². The van der Waals surface area contributed by atoms with Crippen molar-refractivity contribution in [2.24, 2.45) is 71.0 Å². The molecule has 150 heavy (non-hydrogen) atoms. The SMILES string of the molecule is CCCCCc1cc(OC(=O)C(=O)Oc2cc(CCCCC)cc3c2[C@@H]2C[C@@H](C)CC[C@H]2C(C)(C)O3)c2c(c1)OC(C)(C)[C@@H]1CC[C@@H](C)C[C@@H]21.CCCCCc1cc(OC(=O)C(=O)Oc2cc(CCCCC)cc3c2[C@@H]2C[C@@H](C)CC[C@H]2C(C)(C)O3)c2c(c1)OC(C)(C)[C@@H]1CC[C@H](C)C[C@@H]21.CCCCCc1cc(OC(=O)C(=O)Oc2cc(CCCCC)cc3c2[C@@H]2C[C@H](C)CC[C@H]2C(C)(C)O3)c2c(c1)OC(C)(C)[C@@H]1CC[C@@H](C)C[C@@H]21. The van der Waals surface area contributed by atoms with E-state index in [1.807, 2.05) is 36.4 Å². The van der Waals surface area contributed by atoms with Gasteiger partial charge in [-0.3, -0.25) is 0 Å². The Kier molecular flexibility index (Phi) is 36.4. The molecule has 0 spiro atoms. The zero-order valence-electron chi connectivity index (χ0n) is 96.4. The number of hydrogen-bond acceptors (Lipinski definition) is 18. The molecule has 6 heterocycles. The Morgan fingerprint density at radius 3 is 0.473 bits per heavy atom. The minimum atomic E-state index is -0.987. The molecule has 12 aliphatic rings. The Hall–Kier alpha value is -9.06. The van der Waals surface area contributed by atoms with Gasteiger partial charge < -0.3 is 56.8 Å². The number of unbranched alkanes of at least 4 members (excludes halogenated alkanes) is 12. The first-order chi connectivity index (χ1) is 71.4. The summed E-state index contributed by atoms with van der Waals surface area (Å²) in [5.74, 6) is 7.92. The Morgan fingerprint density at radius 1 is 0.213 bits per heavy atom. The van der Waals surface area contributed by atoms with Gasteiger partial charge in [-0.15, -0.1) is 0 Å². The highest BCUT2D eigenvalue weighted by Crippen LogP contribution is 2.64. The molecule has 6 aromatic carbocycles. The lowest BCUT2D eigenvalue weighted by Crippen LogP contribution is -2.47. The number of rotatable bonds is 30. The third kappa shape index (κ3) is 25.7. The van der Waals surface area contributed by atoms with Crippen LogP contribution in [0.4, 0.5) is 0 Å². The summed E-state index contributed by atoms with van der Waals surface area (Å²) >= 11 is 0. The average molecular weight is 2060 g/mol. The van der Waals surface area contributed by atoms with Crippen LogP contribution < -0.4 is 56.8 Å². The monoisotopic (exact) mass is 2060 g/mol. The Bertz CT molecular complexity index is 4860. The molecule has 18 nitrogen and oxygen atoms in total. The van der Waals surface area contributed by atoms with E-state index >= 15 is 0 Å². The third-order valence-electron chi connectivity index (χ3n) is 37.6. The van der Waals surface area contributed by atoms with Crippen LogP contribution in [0.2, 0.25) is 0 Å². The van der Waals surface area contributed by atoms with Crippen LogP contribution in [0.1, 0.15) is 500 Å². The first-order valence-electron chi connectivity index (χ1n) is 59.9. The van der Waals surface area contributed by atoms with Crippen molar-refractivity contribution in [1.82, 2.24) is 0 Å². The molecule has 6 saturated carbocycles. The van der Waals surface area contributed by atoms with Gasteiger partial charge in [0.25, 0.3) is 0 Å². The number of benzene rings is 6. The second kappa shape index (κ2) is 48.1. The maximum Gasteiger partial charge on any atom is 0.423 e. The van der Waals surface area contributed by atoms with Gasteiger partial charge in [0, 0.05) is 68.9 Å². The minimum Gasteiger partial charge on any atom is -0.487 e. The van der Waals surface area contributed by atoms with Gasteiger partial charge in [-0.25, -0.2) is 28.8 Å². The second-order valence-electron chi connectivity index (χ2n) is 52.1. The molecule has 6 aliphatic carbocycles. The highest BCUT2D eigenvalue weighted by atomic mass is 16.6. The fraction of sp³-hybridized carbons (Fsp3) is 0.682. The molecule has 18 rings (SSSR count). The van der Waals surface area contributed by atoms with E-state index in [9.17, 15) is 28.8 Å². The van der Waals surface area contributed by atoms with Crippen molar-refractivity contribution < 1.29 is 85.6 Å². The molecule has 0 N–H and O–H groups in total. The highest BCUT2D eigenvalue weighted by Gasteiger charge is 2.56. The number of esters is 6. The lowest BCUT2D eigenvalue weighted by molar-refractivity contribution is -0.156. The minimum absolute atomic E-state index is 0.193. The van der Waals surface area contributed by atoms with Crippen LogP contribution in [0.3, 0.4) is 0 Å². The molecule has 0 bridgehead atoms. The summed E-state index contributed by atoms with van der Waals surface area (Å²) in [6.07, 6.45) is 44.2. The predicted molar refractivity (Wildman–Crippen MR) is 596 cm³/mol. The standard InChI is InChI=1S/3C44H62O6/c3*1-9-11-13-15-29-23-35(39-31-21-27(3)17-19-33(31)43(5,6)49-37(39)25-29)47-41(45)42(46)48-36-24-30(16-14-12-10-2)26-38-40(36)32-22-28(4)18-20-34(32)44(7,8)50-38/h3*23-28,31-34H,9-22H2,1-8H3/t27-,28+,31-,32-,33-,34-;27-,28-,31+,32+,33+,34+;27-,28-,31-,32-,33-,34-/m101/s1. The third-order valence-corrected chi connectivity index (χ3v) is 37.6. The van der Waals surface area contributed by atoms with E-state index in [1.54, 1.807) is 0 Å². The van der Waals surface area contributed by atoms with Crippen molar-refractivity contribution in [2.45, 2.75) is 505 Å². The zero-order valence-corrected chi connectivity index (χ0v) is 96.4. The average Bonchev–Trinajstić information content (AvgIpc) is 0.754. The summed E-state index contributed by atoms with van der Waals surface area (Å²) in [7, 11) is 0. The molecule has 6 aromatic rings. The van der Waals surface area contributed by atoms with Crippen LogP contribution in [0, 0.1) is 71.0 Å². The van der Waals surface area contributed by atoms with Gasteiger partial charge in [-0.05, 0) is 414 Å². The van der Waals surface area contributed by atoms with Gasteiger partial charge in [-0.1, -0.05) is 199 Å². The largest absolute Gasteiger partial charge is 0.487 e. The van der Waals surface area contributed by atoms with E-state index in [1.165, 1.54) is 0 Å². The Morgan fingerprint density at radius 2 is 0.347 bits per heavy atom. The number of carbonyl (C=O) groups excluding carboxylic acids is 6. The topological polar surface area (TPSA) is 213 Å². The fourth-order valence-corrected chi connectivity index (χ4v) is 29.7. The normalized spacial score (nSPS) is 27.4. The quantitative estimate of drug-likeness (QED) is 0.0177. The molecule has 18 heteroatoms. The van der Waals surface area contributed by atoms with Gasteiger partial charge in [0.1, 0.15) is 103 Å². The van der Waals surface area contributed by atoms with Gasteiger partial charge in [-0.2, -0.15) is 0 Å². The molecule has 6 fully saturated rings. The Labute approximate surface area is 900 Å². The predicted octanol–water partition coefficient (Wildman–Crippen LogP) is 33.1. The van der Waals surface area contributed by atoms with Crippen LogP contribution in [0.25, 0.3) is 0 Å². The van der Waals surface area contributed by atoms with Gasteiger partial charge in [0.2, 0.25) is 0 Å². The molecule has 822 valence electrons. The van der Waals surface area contributed by atoms with E-state index < -0.39 is 35.8 Å². The van der Waals surface area contributed by atoms with E-state index in [0.29, 0.717) is 106 Å². The van der Waals surface area contributed by atoms with Crippen LogP contribution in [0.15, 0.2) is 72.8 Å². The lowest BCUT2D eigenvalue weighted by Gasteiger charge is -2.49. The number of ether oxygens (including phenoxy) is 12. The molecular formula is C132H186O18. The highest BCUT2D eigenvalue weighted by molar-refractivity contribution is 6.32. The van der Waals surface area contributed by atoms with E-state index in [0.717, 1.165) is 371 Å². The number of aryl methyl sites for hydroxylation is 6.